The number of amides is 3. The van der Waals surface area contributed by atoms with Gasteiger partial charge in [0.15, 0.2) is 0 Å². The Balaban J connectivity index is 1.56. The zero-order valence-electron chi connectivity index (χ0n) is 17.5. The first-order chi connectivity index (χ1) is 13.9. The molecule has 0 bridgehead atoms. The van der Waals surface area contributed by atoms with Gasteiger partial charge >= 0.3 is 0 Å². The number of anilines is 1. The first kappa shape index (κ1) is 21.3. The van der Waals surface area contributed by atoms with E-state index in [1.165, 1.54) is 5.56 Å². The van der Waals surface area contributed by atoms with Gasteiger partial charge in [0, 0.05) is 44.8 Å². The van der Waals surface area contributed by atoms with Crippen molar-refractivity contribution in [2.75, 3.05) is 37.6 Å². The fourth-order valence-electron chi connectivity index (χ4n) is 4.11. The van der Waals surface area contributed by atoms with Gasteiger partial charge in [0.1, 0.15) is 0 Å². The molecule has 29 heavy (non-hydrogen) atoms. The number of benzene rings is 1. The van der Waals surface area contributed by atoms with Crippen molar-refractivity contribution in [3.8, 4) is 0 Å². The molecule has 3 amide bonds. The van der Waals surface area contributed by atoms with Gasteiger partial charge in [-0.05, 0) is 37.5 Å². The normalized spacial score (nSPS) is 21.4. The molecule has 2 saturated heterocycles. The molecule has 2 N–H and O–H groups in total. The van der Waals surface area contributed by atoms with Gasteiger partial charge < -0.3 is 15.5 Å². The molecule has 2 aliphatic rings. The first-order valence-corrected chi connectivity index (χ1v) is 10.6. The number of unbranched alkanes of at least 4 members (excludes halogenated alkanes) is 1. The summed E-state index contributed by atoms with van der Waals surface area (Å²) in [5.41, 5.74) is 7.52. The minimum Gasteiger partial charge on any atom is -0.368 e. The van der Waals surface area contributed by atoms with E-state index in [2.05, 4.69) is 19.1 Å². The van der Waals surface area contributed by atoms with Crippen LogP contribution in [0, 0.1) is 5.92 Å². The maximum atomic E-state index is 12.9. The molecule has 0 aromatic heterocycles. The van der Waals surface area contributed by atoms with E-state index >= 15 is 0 Å². The highest BCUT2D eigenvalue weighted by Gasteiger charge is 2.38. The molecule has 0 radical (unpaired) electrons. The number of hydrogen-bond acceptors (Lipinski definition) is 4. The molecular formula is C22H32N4O3. The van der Waals surface area contributed by atoms with Crippen molar-refractivity contribution in [3.05, 3.63) is 29.8 Å². The van der Waals surface area contributed by atoms with E-state index in [-0.39, 0.29) is 36.1 Å². The number of aryl methyl sites for hydroxylation is 1. The van der Waals surface area contributed by atoms with Crippen LogP contribution in [0.1, 0.15) is 38.7 Å². The fourth-order valence-corrected chi connectivity index (χ4v) is 4.11. The molecule has 7 heteroatoms. The summed E-state index contributed by atoms with van der Waals surface area (Å²) < 4.78 is 0. The van der Waals surface area contributed by atoms with Crippen LogP contribution in [0.15, 0.2) is 24.3 Å². The van der Waals surface area contributed by atoms with E-state index in [0.29, 0.717) is 32.7 Å². The van der Waals surface area contributed by atoms with E-state index < -0.39 is 0 Å². The third kappa shape index (κ3) is 4.96. The second-order valence-corrected chi connectivity index (χ2v) is 8.11. The summed E-state index contributed by atoms with van der Waals surface area (Å²) in [6.07, 6.45) is 3.62. The highest BCUT2D eigenvalue weighted by atomic mass is 16.2. The Labute approximate surface area is 172 Å². The predicted molar refractivity (Wildman–Crippen MR) is 112 cm³/mol. The number of rotatable bonds is 7. The van der Waals surface area contributed by atoms with Gasteiger partial charge in [-0.1, -0.05) is 25.5 Å². The number of hydrogen-bond donors (Lipinski definition) is 1. The molecular weight excluding hydrogens is 368 g/mol. The van der Waals surface area contributed by atoms with Crippen LogP contribution in [0.3, 0.4) is 0 Å². The zero-order valence-corrected chi connectivity index (χ0v) is 17.5. The molecule has 3 rings (SSSR count). The third-order valence-corrected chi connectivity index (χ3v) is 6.13. The van der Waals surface area contributed by atoms with Crippen LogP contribution in [-0.4, -0.2) is 66.3 Å². The molecule has 7 nitrogen and oxygen atoms in total. The Bertz CT molecular complexity index is 741. The van der Waals surface area contributed by atoms with Gasteiger partial charge in [-0.15, -0.1) is 0 Å². The number of nitrogens with two attached hydrogens (primary N) is 1. The Morgan fingerprint density at radius 3 is 2.38 bits per heavy atom. The number of carbonyl (C=O) groups is 3. The average molecular weight is 401 g/mol. The maximum absolute atomic E-state index is 12.9. The Kier molecular flexibility index (Phi) is 6.90. The predicted octanol–water partition coefficient (Wildman–Crippen LogP) is 1.40. The number of carbonyl (C=O) groups excluding carboxylic acids is 3. The third-order valence-electron chi connectivity index (χ3n) is 6.13. The van der Waals surface area contributed by atoms with E-state index in [1.54, 1.807) is 11.8 Å². The van der Waals surface area contributed by atoms with Crippen molar-refractivity contribution in [2.24, 2.45) is 11.7 Å². The molecule has 2 fully saturated rings. The standard InChI is InChI=1S/C22H32N4O3/c1-3-4-5-17-6-8-19(9-7-17)26-15-18(14-20(26)27)22(29)25-12-10-24(11-13-25)16(2)21(23)28/h6-9,16,18H,3-5,10-15H2,1-2H3,(H2,23,28). The molecule has 2 heterocycles. The summed E-state index contributed by atoms with van der Waals surface area (Å²) in [4.78, 5) is 42.4. The van der Waals surface area contributed by atoms with Gasteiger partial charge in [0.2, 0.25) is 17.7 Å². The summed E-state index contributed by atoms with van der Waals surface area (Å²) in [6, 6.07) is 7.80. The molecule has 2 unspecified atom stereocenters. The lowest BCUT2D eigenvalue weighted by molar-refractivity contribution is -0.138. The fraction of sp³-hybridized carbons (Fsp3) is 0.591. The highest BCUT2D eigenvalue weighted by Crippen LogP contribution is 2.27. The van der Waals surface area contributed by atoms with Gasteiger partial charge in [-0.3, -0.25) is 19.3 Å². The molecule has 0 spiro atoms. The number of piperazine rings is 1. The molecule has 2 atom stereocenters. The minimum absolute atomic E-state index is 0.00523. The van der Waals surface area contributed by atoms with Crippen LogP contribution in [-0.2, 0) is 20.8 Å². The van der Waals surface area contributed by atoms with Crippen LogP contribution in [0.25, 0.3) is 0 Å². The van der Waals surface area contributed by atoms with Gasteiger partial charge in [0.25, 0.3) is 0 Å². The molecule has 1 aromatic carbocycles. The SMILES string of the molecule is CCCCc1ccc(N2CC(C(=O)N3CCN(C(C)C(N)=O)CC3)CC2=O)cc1. The van der Waals surface area contributed by atoms with Crippen LogP contribution >= 0.6 is 0 Å². The lowest BCUT2D eigenvalue weighted by Crippen LogP contribution is -2.55. The largest absolute Gasteiger partial charge is 0.368 e. The summed E-state index contributed by atoms with van der Waals surface area (Å²) in [6.45, 7) is 6.77. The Morgan fingerprint density at radius 2 is 1.79 bits per heavy atom. The van der Waals surface area contributed by atoms with Gasteiger partial charge in [0.05, 0.1) is 12.0 Å². The molecule has 1 aromatic rings. The van der Waals surface area contributed by atoms with Crippen molar-refractivity contribution in [3.63, 3.8) is 0 Å². The second kappa shape index (κ2) is 9.39. The van der Waals surface area contributed by atoms with Crippen molar-refractivity contribution in [1.29, 1.82) is 0 Å². The van der Waals surface area contributed by atoms with E-state index in [9.17, 15) is 14.4 Å². The van der Waals surface area contributed by atoms with E-state index in [0.717, 1.165) is 24.9 Å². The van der Waals surface area contributed by atoms with Crippen LogP contribution < -0.4 is 10.6 Å². The van der Waals surface area contributed by atoms with Crippen molar-refractivity contribution >= 4 is 23.4 Å². The summed E-state index contributed by atoms with van der Waals surface area (Å²) in [5, 5.41) is 0. The topological polar surface area (TPSA) is 86.9 Å². The van der Waals surface area contributed by atoms with Crippen molar-refractivity contribution in [1.82, 2.24) is 9.80 Å². The van der Waals surface area contributed by atoms with E-state index in [1.807, 2.05) is 21.9 Å². The quantitative estimate of drug-likeness (QED) is 0.750. The lowest BCUT2D eigenvalue weighted by atomic mass is 10.1. The molecule has 0 aliphatic carbocycles. The van der Waals surface area contributed by atoms with Crippen molar-refractivity contribution in [2.45, 2.75) is 45.6 Å². The highest BCUT2D eigenvalue weighted by molar-refractivity contribution is 6.00. The summed E-state index contributed by atoms with van der Waals surface area (Å²) in [5.74, 6) is -0.609. The molecule has 0 saturated carbocycles. The zero-order chi connectivity index (χ0) is 21.0. The van der Waals surface area contributed by atoms with Crippen LogP contribution in [0.5, 0.6) is 0 Å². The summed E-state index contributed by atoms with van der Waals surface area (Å²) in [7, 11) is 0. The van der Waals surface area contributed by atoms with Gasteiger partial charge in [-0.25, -0.2) is 0 Å². The summed E-state index contributed by atoms with van der Waals surface area (Å²) >= 11 is 0. The van der Waals surface area contributed by atoms with Gasteiger partial charge in [-0.2, -0.15) is 0 Å². The Hall–Kier alpha value is -2.41. The monoisotopic (exact) mass is 400 g/mol. The molecule has 2 aliphatic heterocycles. The Morgan fingerprint density at radius 1 is 1.14 bits per heavy atom. The lowest BCUT2D eigenvalue weighted by Gasteiger charge is -2.37. The first-order valence-electron chi connectivity index (χ1n) is 10.6. The number of nitrogens with zero attached hydrogens (tertiary/aromatic N) is 3. The smallest absolute Gasteiger partial charge is 0.234 e. The van der Waals surface area contributed by atoms with E-state index in [4.69, 9.17) is 5.73 Å². The second-order valence-electron chi connectivity index (χ2n) is 8.11. The maximum Gasteiger partial charge on any atom is 0.234 e. The number of primary amides is 1. The average Bonchev–Trinajstić information content (AvgIpc) is 3.13. The van der Waals surface area contributed by atoms with Crippen LogP contribution in [0.2, 0.25) is 0 Å². The minimum atomic E-state index is -0.345. The molecule has 158 valence electrons. The van der Waals surface area contributed by atoms with Crippen LogP contribution in [0.4, 0.5) is 5.69 Å². The van der Waals surface area contributed by atoms with Crippen molar-refractivity contribution < 1.29 is 14.4 Å².